The molecule has 4 nitrogen and oxygen atoms in total. The predicted molar refractivity (Wildman–Crippen MR) is 53.3 cm³/mol. The fourth-order valence-electron chi connectivity index (χ4n) is 0.364. The smallest absolute Gasteiger partial charge is 0.302 e. The fourth-order valence-corrected chi connectivity index (χ4v) is 1.09. The molecule has 6 heteroatoms. The summed E-state index contributed by atoms with van der Waals surface area (Å²) < 4.78 is 19.2. The molecule has 0 fully saturated rings. The van der Waals surface area contributed by atoms with Gasteiger partial charge in [0.1, 0.15) is 0 Å². The lowest BCUT2D eigenvalue weighted by Crippen LogP contribution is -1.93. The maximum atomic E-state index is 10.5. The molecule has 12 heavy (non-hydrogen) atoms. The van der Waals surface area contributed by atoms with Crippen LogP contribution in [0.2, 0.25) is 0 Å². The number of phosphoric ester groups is 1. The highest BCUT2D eigenvalue weighted by molar-refractivity contribution is 7.47. The van der Waals surface area contributed by atoms with Gasteiger partial charge in [-0.2, -0.15) is 0 Å². The van der Waals surface area contributed by atoms with Gasteiger partial charge >= 0.3 is 7.82 Å². The molecule has 0 bridgehead atoms. The van der Waals surface area contributed by atoms with Crippen LogP contribution in [0.4, 0.5) is 0 Å². The highest BCUT2D eigenvalue weighted by Gasteiger charge is 2.17. The van der Waals surface area contributed by atoms with Crippen molar-refractivity contribution in [3.8, 4) is 0 Å². The summed E-state index contributed by atoms with van der Waals surface area (Å²) in [5.74, 6) is 0. The molecule has 0 aliphatic carbocycles. The third-order valence-electron chi connectivity index (χ3n) is 0.584. The van der Waals surface area contributed by atoms with Crippen molar-refractivity contribution >= 4 is 17.1 Å². The zero-order valence-corrected chi connectivity index (χ0v) is 9.87. The maximum absolute atomic E-state index is 10.5. The van der Waals surface area contributed by atoms with E-state index in [2.05, 4.69) is 25.2 Å². The third kappa shape index (κ3) is 13.2. The monoisotopic (exact) mass is 216 g/mol. The average Bonchev–Trinajstić information content (AvgIpc) is 1.88. The largest absolute Gasteiger partial charge is 0.472 e. The second kappa shape index (κ2) is 9.63. The second-order valence-corrected chi connectivity index (χ2v) is 3.98. The van der Waals surface area contributed by atoms with Crippen molar-refractivity contribution < 1.29 is 18.5 Å². The van der Waals surface area contributed by atoms with Gasteiger partial charge in [-0.05, 0) is 20.0 Å². The Labute approximate surface area is 76.5 Å². The molecule has 0 rings (SSSR count). The molecule has 0 amide bonds. The summed E-state index contributed by atoms with van der Waals surface area (Å²) >= 11 is 0. The average molecular weight is 216 g/mol. The van der Waals surface area contributed by atoms with Gasteiger partial charge < -0.3 is 4.89 Å². The first-order chi connectivity index (χ1) is 5.54. The van der Waals surface area contributed by atoms with Crippen molar-refractivity contribution in [3.63, 3.8) is 0 Å². The van der Waals surface area contributed by atoms with Crippen LogP contribution in [-0.2, 0) is 13.6 Å². The van der Waals surface area contributed by atoms with E-state index in [1.54, 1.807) is 13.8 Å². The summed E-state index contributed by atoms with van der Waals surface area (Å²) in [6.07, 6.45) is 1.17. The Morgan fingerprint density at radius 3 is 1.67 bits per heavy atom. The minimum Gasteiger partial charge on any atom is -0.302 e. The summed E-state index contributed by atoms with van der Waals surface area (Å²) in [6.45, 7) is 5.72. The molecule has 1 N–H and O–H groups in total. The Morgan fingerprint density at radius 1 is 1.25 bits per heavy atom. The predicted octanol–water partition coefficient (Wildman–Crippen LogP) is 2.04. The van der Waals surface area contributed by atoms with E-state index in [1.807, 2.05) is 0 Å². The summed E-state index contributed by atoms with van der Waals surface area (Å²) in [6, 6.07) is 0. The van der Waals surface area contributed by atoms with Crippen molar-refractivity contribution in [2.45, 2.75) is 20.8 Å². The Bertz CT molecular complexity index is 119. The Hall–Kier alpha value is 0.540. The topological polar surface area (TPSA) is 55.8 Å². The van der Waals surface area contributed by atoms with Gasteiger partial charge in [-0.1, -0.05) is 6.92 Å². The minimum absolute atomic E-state index is 0.188. The normalized spacial score (nSPS) is 10.4. The van der Waals surface area contributed by atoms with Crippen LogP contribution in [0.5, 0.6) is 0 Å². The van der Waals surface area contributed by atoms with E-state index in [1.165, 1.54) is 6.16 Å². The second-order valence-electron chi connectivity index (χ2n) is 1.71. The molecule has 76 valence electrons. The molecule has 0 aliphatic heterocycles. The molecular weight excluding hydrogens is 198 g/mol. The Kier molecular flexibility index (Phi) is 12.1. The lowest BCUT2D eigenvalue weighted by atomic mass is 10.9. The van der Waals surface area contributed by atoms with E-state index in [0.29, 0.717) is 0 Å². The van der Waals surface area contributed by atoms with Gasteiger partial charge in [-0.3, -0.25) is 9.05 Å². The first-order valence-electron chi connectivity index (χ1n) is 3.85. The number of phosphoric acid groups is 1. The lowest BCUT2D eigenvalue weighted by Gasteiger charge is -2.07. The van der Waals surface area contributed by atoms with E-state index in [4.69, 9.17) is 4.89 Å². The summed E-state index contributed by atoms with van der Waals surface area (Å²) in [4.78, 5) is 8.63. The summed E-state index contributed by atoms with van der Waals surface area (Å²) in [5, 5.41) is 0. The van der Waals surface area contributed by atoms with Crippen LogP contribution in [0.15, 0.2) is 0 Å². The van der Waals surface area contributed by atoms with Gasteiger partial charge in [-0.25, -0.2) is 4.57 Å². The van der Waals surface area contributed by atoms with Crippen molar-refractivity contribution in [1.82, 2.24) is 0 Å². The van der Waals surface area contributed by atoms with E-state index in [9.17, 15) is 4.57 Å². The van der Waals surface area contributed by atoms with Crippen molar-refractivity contribution in [2.75, 3.05) is 19.4 Å². The van der Waals surface area contributed by atoms with Gasteiger partial charge in [0.15, 0.2) is 0 Å². The molecule has 0 radical (unpaired) electrons. The van der Waals surface area contributed by atoms with Gasteiger partial charge in [0.05, 0.1) is 13.2 Å². The lowest BCUT2D eigenvalue weighted by molar-refractivity contribution is 0.161. The number of rotatable bonds is 4. The first-order valence-corrected chi connectivity index (χ1v) is 6.17. The molecule has 0 spiro atoms. The highest BCUT2D eigenvalue weighted by atomic mass is 31.2. The zero-order chi connectivity index (χ0) is 10.0. The third-order valence-corrected chi connectivity index (χ3v) is 1.75. The van der Waals surface area contributed by atoms with Crippen LogP contribution < -0.4 is 0 Å². The van der Waals surface area contributed by atoms with Gasteiger partial charge in [-0.15, -0.1) is 9.24 Å². The quantitative estimate of drug-likeness (QED) is 0.730. The number of hydrogen-bond donors (Lipinski definition) is 1. The van der Waals surface area contributed by atoms with Crippen LogP contribution >= 0.6 is 17.1 Å². The standard InChI is InChI=1S/C4H11O4P.C2H7P/c1-3-7-9(5,6)8-4-2;1-2-3/h3-4H2,1-2H3,(H,5,6);2-3H2,1H3. The Morgan fingerprint density at radius 2 is 1.50 bits per heavy atom. The SMILES string of the molecule is CCOP(=O)(O)OCC.CCP. The van der Waals surface area contributed by atoms with Gasteiger partial charge in [0, 0.05) is 0 Å². The van der Waals surface area contributed by atoms with Crippen LogP contribution in [0.1, 0.15) is 20.8 Å². The summed E-state index contributed by atoms with van der Waals surface area (Å²) in [5.41, 5.74) is 0. The fraction of sp³-hybridized carbons (Fsp3) is 1.00. The van der Waals surface area contributed by atoms with Gasteiger partial charge in [0.2, 0.25) is 0 Å². The molecule has 0 aromatic carbocycles. The number of hydrogen-bond acceptors (Lipinski definition) is 3. The molecular formula is C6H18O4P2. The van der Waals surface area contributed by atoms with Crippen LogP contribution in [0.3, 0.4) is 0 Å². The van der Waals surface area contributed by atoms with E-state index < -0.39 is 7.82 Å². The zero-order valence-electron chi connectivity index (χ0n) is 7.82. The van der Waals surface area contributed by atoms with E-state index >= 15 is 0 Å². The van der Waals surface area contributed by atoms with Crippen molar-refractivity contribution in [3.05, 3.63) is 0 Å². The molecule has 0 saturated heterocycles. The van der Waals surface area contributed by atoms with Crippen molar-refractivity contribution in [2.24, 2.45) is 0 Å². The maximum Gasteiger partial charge on any atom is 0.472 e. The molecule has 0 aromatic rings. The Balaban J connectivity index is 0. The van der Waals surface area contributed by atoms with Crippen LogP contribution in [0.25, 0.3) is 0 Å². The highest BCUT2D eigenvalue weighted by Crippen LogP contribution is 2.42. The molecule has 0 saturated carbocycles. The molecule has 0 heterocycles. The molecule has 0 aromatic heterocycles. The van der Waals surface area contributed by atoms with E-state index in [-0.39, 0.29) is 13.2 Å². The van der Waals surface area contributed by atoms with Crippen molar-refractivity contribution in [1.29, 1.82) is 0 Å². The minimum atomic E-state index is -3.69. The molecule has 1 unspecified atom stereocenters. The van der Waals surface area contributed by atoms with Gasteiger partial charge in [0.25, 0.3) is 0 Å². The summed E-state index contributed by atoms with van der Waals surface area (Å²) in [7, 11) is -1.11. The van der Waals surface area contributed by atoms with E-state index in [0.717, 1.165) is 0 Å². The first kappa shape index (κ1) is 15.0. The molecule has 1 atom stereocenters. The molecule has 0 aliphatic rings. The van der Waals surface area contributed by atoms with Crippen LogP contribution in [0, 0.1) is 0 Å². The van der Waals surface area contributed by atoms with Crippen LogP contribution in [-0.4, -0.2) is 24.3 Å².